The van der Waals surface area contributed by atoms with Crippen molar-refractivity contribution in [3.63, 3.8) is 0 Å². The largest absolute Gasteiger partial charge is 0.326 e. The molecule has 0 saturated carbocycles. The third-order valence-corrected chi connectivity index (χ3v) is 2.31. The summed E-state index contributed by atoms with van der Waals surface area (Å²) < 4.78 is 1.94. The second kappa shape index (κ2) is 2.55. The van der Waals surface area contributed by atoms with E-state index in [1.165, 1.54) is 0 Å². The Kier molecular flexibility index (Phi) is 1.65. The van der Waals surface area contributed by atoms with Crippen LogP contribution in [0.5, 0.6) is 0 Å². The zero-order chi connectivity index (χ0) is 8.72. The van der Waals surface area contributed by atoms with Crippen molar-refractivity contribution in [2.75, 3.05) is 0 Å². The fourth-order valence-corrected chi connectivity index (χ4v) is 1.83. The van der Waals surface area contributed by atoms with Crippen LogP contribution >= 0.6 is 0 Å². The monoisotopic (exact) mass is 166 g/mol. The van der Waals surface area contributed by atoms with Gasteiger partial charge in [-0.1, -0.05) is 6.92 Å². The van der Waals surface area contributed by atoms with Gasteiger partial charge in [0.2, 0.25) is 0 Å². The predicted molar refractivity (Wildman–Crippen MR) is 45.8 cm³/mol. The van der Waals surface area contributed by atoms with Crippen LogP contribution in [0.4, 0.5) is 0 Å². The Morgan fingerprint density at radius 2 is 2.33 bits per heavy atom. The molecule has 4 nitrogen and oxygen atoms in total. The van der Waals surface area contributed by atoms with Crippen molar-refractivity contribution in [1.29, 1.82) is 0 Å². The van der Waals surface area contributed by atoms with Crippen LogP contribution in [0.3, 0.4) is 0 Å². The number of aromatic nitrogens is 3. The molecule has 0 amide bonds. The quantitative estimate of drug-likeness (QED) is 0.607. The standard InChI is InChI=1S/C8H14N4/c1-5-3-7(9)4-12-8(5)10-6(2)11-12/h5,7H,3-4,9H2,1-2H3. The molecule has 0 saturated heterocycles. The summed E-state index contributed by atoms with van der Waals surface area (Å²) in [4.78, 5) is 4.36. The van der Waals surface area contributed by atoms with E-state index in [2.05, 4.69) is 17.0 Å². The van der Waals surface area contributed by atoms with Crippen molar-refractivity contribution in [3.8, 4) is 0 Å². The van der Waals surface area contributed by atoms with Crippen LogP contribution < -0.4 is 5.73 Å². The van der Waals surface area contributed by atoms with Crippen molar-refractivity contribution < 1.29 is 0 Å². The van der Waals surface area contributed by atoms with E-state index in [4.69, 9.17) is 5.73 Å². The maximum atomic E-state index is 5.86. The fraction of sp³-hybridized carbons (Fsp3) is 0.750. The molecule has 1 aliphatic rings. The molecule has 12 heavy (non-hydrogen) atoms. The van der Waals surface area contributed by atoms with E-state index in [0.717, 1.165) is 24.6 Å². The highest BCUT2D eigenvalue weighted by atomic mass is 15.4. The lowest BCUT2D eigenvalue weighted by Crippen LogP contribution is -2.34. The number of rotatable bonds is 0. The van der Waals surface area contributed by atoms with Crippen LogP contribution in [0.15, 0.2) is 0 Å². The lowest BCUT2D eigenvalue weighted by molar-refractivity contribution is 0.381. The van der Waals surface area contributed by atoms with Gasteiger partial charge in [-0.2, -0.15) is 5.10 Å². The van der Waals surface area contributed by atoms with E-state index in [0.29, 0.717) is 5.92 Å². The van der Waals surface area contributed by atoms with Crippen molar-refractivity contribution >= 4 is 0 Å². The Labute approximate surface area is 71.8 Å². The Bertz CT molecular complexity index is 291. The van der Waals surface area contributed by atoms with Gasteiger partial charge in [0.05, 0.1) is 6.54 Å². The Morgan fingerprint density at radius 1 is 1.58 bits per heavy atom. The first-order valence-corrected chi connectivity index (χ1v) is 4.33. The van der Waals surface area contributed by atoms with E-state index in [1.807, 2.05) is 11.6 Å². The molecule has 4 heteroatoms. The maximum absolute atomic E-state index is 5.86. The number of nitrogens with zero attached hydrogens (tertiary/aromatic N) is 3. The highest BCUT2D eigenvalue weighted by molar-refractivity contribution is 5.02. The highest BCUT2D eigenvalue weighted by Crippen LogP contribution is 2.23. The molecule has 0 aromatic carbocycles. The van der Waals surface area contributed by atoms with E-state index < -0.39 is 0 Å². The molecule has 2 atom stereocenters. The van der Waals surface area contributed by atoms with Crippen LogP contribution in [0.1, 0.15) is 30.9 Å². The van der Waals surface area contributed by atoms with Crippen LogP contribution in [-0.2, 0) is 6.54 Å². The SMILES string of the molecule is Cc1nc2n(n1)CC(N)CC2C. The maximum Gasteiger partial charge on any atom is 0.147 e. The van der Waals surface area contributed by atoms with Crippen molar-refractivity contribution in [1.82, 2.24) is 14.8 Å². The van der Waals surface area contributed by atoms with Gasteiger partial charge in [0.15, 0.2) is 0 Å². The molecule has 0 radical (unpaired) electrons. The first-order valence-electron chi connectivity index (χ1n) is 4.33. The summed E-state index contributed by atoms with van der Waals surface area (Å²) in [5.74, 6) is 2.40. The fourth-order valence-electron chi connectivity index (χ4n) is 1.83. The van der Waals surface area contributed by atoms with Gasteiger partial charge < -0.3 is 5.73 Å². The first-order chi connectivity index (χ1) is 5.66. The normalized spacial score (nSPS) is 28.6. The Hall–Kier alpha value is -0.900. The summed E-state index contributed by atoms with van der Waals surface area (Å²) in [7, 11) is 0. The minimum Gasteiger partial charge on any atom is -0.326 e. The van der Waals surface area contributed by atoms with E-state index in [-0.39, 0.29) is 6.04 Å². The van der Waals surface area contributed by atoms with Crippen molar-refractivity contribution in [2.24, 2.45) is 5.73 Å². The molecular formula is C8H14N4. The molecule has 2 unspecified atom stereocenters. The molecule has 0 fully saturated rings. The minimum atomic E-state index is 0.244. The van der Waals surface area contributed by atoms with Crippen LogP contribution in [0, 0.1) is 6.92 Å². The molecule has 1 aliphatic heterocycles. The molecule has 1 aromatic heterocycles. The summed E-state index contributed by atoms with van der Waals surface area (Å²) in [5, 5.41) is 4.28. The lowest BCUT2D eigenvalue weighted by Gasteiger charge is -2.23. The molecule has 2 heterocycles. The van der Waals surface area contributed by atoms with Gasteiger partial charge in [0.1, 0.15) is 11.6 Å². The molecule has 66 valence electrons. The second-order valence-corrected chi connectivity index (χ2v) is 3.60. The first kappa shape index (κ1) is 7.73. The van der Waals surface area contributed by atoms with Crippen molar-refractivity contribution in [3.05, 3.63) is 11.6 Å². The topological polar surface area (TPSA) is 56.7 Å². The van der Waals surface area contributed by atoms with Gasteiger partial charge in [0, 0.05) is 12.0 Å². The number of hydrogen-bond acceptors (Lipinski definition) is 3. The van der Waals surface area contributed by atoms with Crippen LogP contribution in [0.25, 0.3) is 0 Å². The second-order valence-electron chi connectivity index (χ2n) is 3.60. The molecule has 2 rings (SSSR count). The van der Waals surface area contributed by atoms with E-state index in [1.54, 1.807) is 0 Å². The molecule has 0 spiro atoms. The summed E-state index contributed by atoms with van der Waals surface area (Å²) in [6.45, 7) is 4.89. The Balaban J connectivity index is 2.40. The Morgan fingerprint density at radius 3 is 3.08 bits per heavy atom. The molecular weight excluding hydrogens is 152 g/mol. The van der Waals surface area contributed by atoms with Gasteiger partial charge in [-0.25, -0.2) is 9.67 Å². The van der Waals surface area contributed by atoms with Gasteiger partial charge in [-0.3, -0.25) is 0 Å². The van der Waals surface area contributed by atoms with Crippen LogP contribution in [0.2, 0.25) is 0 Å². The number of fused-ring (bicyclic) bond motifs is 1. The summed E-state index contributed by atoms with van der Waals surface area (Å²) in [6, 6.07) is 0.244. The third-order valence-electron chi connectivity index (χ3n) is 2.31. The summed E-state index contributed by atoms with van der Waals surface area (Å²) in [5.41, 5.74) is 5.86. The minimum absolute atomic E-state index is 0.244. The zero-order valence-electron chi connectivity index (χ0n) is 7.49. The number of aryl methyl sites for hydroxylation is 1. The molecule has 0 bridgehead atoms. The molecule has 2 N–H and O–H groups in total. The summed E-state index contributed by atoms with van der Waals surface area (Å²) in [6.07, 6.45) is 1.03. The lowest BCUT2D eigenvalue weighted by atomic mass is 9.98. The van der Waals surface area contributed by atoms with Gasteiger partial charge in [0.25, 0.3) is 0 Å². The van der Waals surface area contributed by atoms with E-state index in [9.17, 15) is 0 Å². The third kappa shape index (κ3) is 1.12. The highest BCUT2D eigenvalue weighted by Gasteiger charge is 2.23. The van der Waals surface area contributed by atoms with Crippen LogP contribution in [-0.4, -0.2) is 20.8 Å². The predicted octanol–water partition coefficient (Wildman–Crippen LogP) is 0.421. The number of hydrogen-bond donors (Lipinski definition) is 1. The molecule has 0 aliphatic carbocycles. The number of nitrogens with two attached hydrogens (primary N) is 1. The zero-order valence-corrected chi connectivity index (χ0v) is 7.49. The van der Waals surface area contributed by atoms with E-state index >= 15 is 0 Å². The molecule has 1 aromatic rings. The van der Waals surface area contributed by atoms with Gasteiger partial charge in [-0.15, -0.1) is 0 Å². The smallest absolute Gasteiger partial charge is 0.147 e. The average Bonchev–Trinajstić information content (AvgIpc) is 2.29. The van der Waals surface area contributed by atoms with Gasteiger partial charge >= 0.3 is 0 Å². The average molecular weight is 166 g/mol. The van der Waals surface area contributed by atoms with Gasteiger partial charge in [-0.05, 0) is 13.3 Å². The van der Waals surface area contributed by atoms with Crippen molar-refractivity contribution in [2.45, 2.75) is 38.8 Å². The summed E-state index contributed by atoms with van der Waals surface area (Å²) >= 11 is 0.